The Labute approximate surface area is 89.8 Å². The highest BCUT2D eigenvalue weighted by atomic mass is 16.5. The predicted octanol–water partition coefficient (Wildman–Crippen LogP) is 0.245. The third-order valence-corrected chi connectivity index (χ3v) is 2.42. The van der Waals surface area contributed by atoms with Crippen molar-refractivity contribution in [3.63, 3.8) is 0 Å². The first-order valence-corrected chi connectivity index (χ1v) is 5.39. The molecule has 1 atom stereocenters. The van der Waals surface area contributed by atoms with E-state index in [-0.39, 0.29) is 12.7 Å². The summed E-state index contributed by atoms with van der Waals surface area (Å²) in [5.74, 6) is -0.857. The maximum Gasteiger partial charge on any atom is 0.323 e. The van der Waals surface area contributed by atoms with Gasteiger partial charge in [-0.05, 0) is 19.4 Å². The quantitative estimate of drug-likeness (QED) is 0.667. The van der Waals surface area contributed by atoms with E-state index < -0.39 is 12.0 Å². The lowest BCUT2D eigenvalue weighted by atomic mass is 10.1. The minimum absolute atomic E-state index is 0.152. The Balaban J connectivity index is 2.22. The lowest BCUT2D eigenvalue weighted by molar-refractivity contribution is -0.142. The van der Waals surface area contributed by atoms with Crippen LogP contribution >= 0.6 is 0 Å². The van der Waals surface area contributed by atoms with Crippen molar-refractivity contribution in [3.8, 4) is 0 Å². The van der Waals surface area contributed by atoms with Gasteiger partial charge in [0.25, 0.3) is 0 Å². The van der Waals surface area contributed by atoms with Gasteiger partial charge in [-0.2, -0.15) is 0 Å². The van der Waals surface area contributed by atoms with Gasteiger partial charge in [0.1, 0.15) is 6.04 Å². The summed E-state index contributed by atoms with van der Waals surface area (Å²) in [7, 11) is 0. The number of carboxylic acid groups (broad SMARTS) is 1. The van der Waals surface area contributed by atoms with E-state index in [1.54, 1.807) is 0 Å². The standard InChI is InChI=1S/C10H19NO4/c1-2-11-9(10(12)13)7-15-8-3-5-14-6-4-8/h8-9,11H,2-7H2,1H3,(H,12,13). The molecule has 0 aromatic heterocycles. The van der Waals surface area contributed by atoms with Crippen LogP contribution in [0.5, 0.6) is 0 Å². The SMILES string of the molecule is CCNC(COC1CCOCC1)C(=O)O. The highest BCUT2D eigenvalue weighted by molar-refractivity contribution is 5.73. The third-order valence-electron chi connectivity index (χ3n) is 2.42. The zero-order valence-corrected chi connectivity index (χ0v) is 9.07. The molecule has 1 rings (SSSR count). The highest BCUT2D eigenvalue weighted by Gasteiger charge is 2.20. The van der Waals surface area contributed by atoms with Crippen molar-refractivity contribution in [1.82, 2.24) is 5.32 Å². The molecule has 1 aliphatic rings. The van der Waals surface area contributed by atoms with Gasteiger partial charge >= 0.3 is 5.97 Å². The van der Waals surface area contributed by atoms with Crippen LogP contribution < -0.4 is 5.32 Å². The second kappa shape index (κ2) is 6.76. The number of carboxylic acids is 1. The van der Waals surface area contributed by atoms with Gasteiger partial charge in [-0.25, -0.2) is 0 Å². The van der Waals surface area contributed by atoms with Crippen LogP contribution in [0.1, 0.15) is 19.8 Å². The van der Waals surface area contributed by atoms with Crippen molar-refractivity contribution in [2.75, 3.05) is 26.4 Å². The van der Waals surface area contributed by atoms with Gasteiger partial charge in [-0.1, -0.05) is 6.92 Å². The number of rotatable bonds is 6. The Morgan fingerprint density at radius 2 is 2.27 bits per heavy atom. The van der Waals surface area contributed by atoms with Gasteiger partial charge in [-0.3, -0.25) is 4.79 Å². The topological polar surface area (TPSA) is 67.8 Å². The normalized spacial score (nSPS) is 20.1. The van der Waals surface area contributed by atoms with Gasteiger partial charge in [0.05, 0.1) is 12.7 Å². The molecule has 0 aromatic carbocycles. The van der Waals surface area contributed by atoms with Crippen LogP contribution in [0.4, 0.5) is 0 Å². The van der Waals surface area contributed by atoms with Gasteiger partial charge in [0.15, 0.2) is 0 Å². The van der Waals surface area contributed by atoms with E-state index in [1.807, 2.05) is 6.92 Å². The molecule has 88 valence electrons. The number of carbonyl (C=O) groups is 1. The van der Waals surface area contributed by atoms with Crippen LogP contribution in [0.15, 0.2) is 0 Å². The van der Waals surface area contributed by atoms with Gasteiger partial charge in [0.2, 0.25) is 0 Å². The maximum atomic E-state index is 10.8. The summed E-state index contributed by atoms with van der Waals surface area (Å²) in [5, 5.41) is 11.7. The van der Waals surface area contributed by atoms with Crippen molar-refractivity contribution in [3.05, 3.63) is 0 Å². The fraction of sp³-hybridized carbons (Fsp3) is 0.900. The van der Waals surface area contributed by atoms with Crippen LogP contribution in [0.2, 0.25) is 0 Å². The van der Waals surface area contributed by atoms with Crippen LogP contribution in [0.3, 0.4) is 0 Å². The number of hydrogen-bond acceptors (Lipinski definition) is 4. The first-order valence-electron chi connectivity index (χ1n) is 5.39. The van der Waals surface area contributed by atoms with E-state index in [0.29, 0.717) is 19.8 Å². The molecule has 0 aromatic rings. The van der Waals surface area contributed by atoms with Crippen LogP contribution in [-0.2, 0) is 14.3 Å². The van der Waals surface area contributed by atoms with E-state index in [2.05, 4.69) is 5.32 Å². The Morgan fingerprint density at radius 1 is 1.60 bits per heavy atom. The van der Waals surface area contributed by atoms with Gasteiger partial charge in [-0.15, -0.1) is 0 Å². The Kier molecular flexibility index (Phi) is 5.60. The minimum Gasteiger partial charge on any atom is -0.480 e. The number of likely N-dealkylation sites (N-methyl/N-ethyl adjacent to an activating group) is 1. The van der Waals surface area contributed by atoms with Crippen LogP contribution in [-0.4, -0.2) is 49.6 Å². The molecule has 0 bridgehead atoms. The molecule has 1 heterocycles. The molecule has 15 heavy (non-hydrogen) atoms. The summed E-state index contributed by atoms with van der Waals surface area (Å²) in [6, 6.07) is -0.599. The zero-order valence-electron chi connectivity index (χ0n) is 9.07. The summed E-state index contributed by atoms with van der Waals surface area (Å²) in [4.78, 5) is 10.8. The second-order valence-electron chi connectivity index (χ2n) is 3.59. The Morgan fingerprint density at radius 3 is 2.80 bits per heavy atom. The molecule has 0 aliphatic carbocycles. The number of ether oxygens (including phenoxy) is 2. The largest absolute Gasteiger partial charge is 0.480 e. The molecule has 0 radical (unpaired) electrons. The van der Waals surface area contributed by atoms with Crippen LogP contribution in [0, 0.1) is 0 Å². The third kappa shape index (κ3) is 4.59. The molecule has 1 fully saturated rings. The predicted molar refractivity (Wildman–Crippen MR) is 54.9 cm³/mol. The number of hydrogen-bond donors (Lipinski definition) is 2. The smallest absolute Gasteiger partial charge is 0.323 e. The van der Waals surface area contributed by atoms with E-state index in [0.717, 1.165) is 12.8 Å². The minimum atomic E-state index is -0.857. The van der Waals surface area contributed by atoms with Gasteiger partial charge < -0.3 is 19.9 Å². The molecule has 1 aliphatic heterocycles. The second-order valence-corrected chi connectivity index (χ2v) is 3.59. The number of aliphatic carboxylic acids is 1. The molecule has 0 spiro atoms. The summed E-state index contributed by atoms with van der Waals surface area (Å²) in [6.45, 7) is 4.17. The van der Waals surface area contributed by atoms with Gasteiger partial charge in [0, 0.05) is 13.2 Å². The van der Waals surface area contributed by atoms with E-state index in [1.165, 1.54) is 0 Å². The zero-order chi connectivity index (χ0) is 11.1. The molecular weight excluding hydrogens is 198 g/mol. The molecular formula is C10H19NO4. The summed E-state index contributed by atoms with van der Waals surface area (Å²) in [6.07, 6.45) is 1.87. The Hall–Kier alpha value is -0.650. The number of nitrogens with one attached hydrogen (secondary N) is 1. The fourth-order valence-electron chi connectivity index (χ4n) is 1.54. The molecule has 1 saturated heterocycles. The van der Waals surface area contributed by atoms with Crippen molar-refractivity contribution in [1.29, 1.82) is 0 Å². The average molecular weight is 217 g/mol. The molecule has 5 heteroatoms. The van der Waals surface area contributed by atoms with E-state index in [4.69, 9.17) is 14.6 Å². The molecule has 0 saturated carbocycles. The van der Waals surface area contributed by atoms with Crippen molar-refractivity contribution < 1.29 is 19.4 Å². The lowest BCUT2D eigenvalue weighted by Gasteiger charge is -2.24. The van der Waals surface area contributed by atoms with Crippen molar-refractivity contribution in [2.24, 2.45) is 0 Å². The van der Waals surface area contributed by atoms with Crippen molar-refractivity contribution >= 4 is 5.97 Å². The summed E-state index contributed by atoms with van der Waals surface area (Å²) in [5.41, 5.74) is 0. The van der Waals surface area contributed by atoms with Crippen LogP contribution in [0.25, 0.3) is 0 Å². The molecule has 2 N–H and O–H groups in total. The molecule has 0 amide bonds. The summed E-state index contributed by atoms with van der Waals surface area (Å²) >= 11 is 0. The van der Waals surface area contributed by atoms with E-state index in [9.17, 15) is 4.79 Å². The summed E-state index contributed by atoms with van der Waals surface area (Å²) < 4.78 is 10.7. The van der Waals surface area contributed by atoms with Crippen molar-refractivity contribution in [2.45, 2.75) is 31.9 Å². The highest BCUT2D eigenvalue weighted by Crippen LogP contribution is 2.10. The molecule has 1 unspecified atom stereocenters. The first-order chi connectivity index (χ1) is 7.24. The average Bonchev–Trinajstić information content (AvgIpc) is 2.25. The lowest BCUT2D eigenvalue weighted by Crippen LogP contribution is -2.42. The fourth-order valence-corrected chi connectivity index (χ4v) is 1.54. The monoisotopic (exact) mass is 217 g/mol. The maximum absolute atomic E-state index is 10.8. The van der Waals surface area contributed by atoms with E-state index >= 15 is 0 Å². The first kappa shape index (κ1) is 12.4. The molecule has 5 nitrogen and oxygen atoms in total. The Bertz CT molecular complexity index is 192.